The molecule has 1 heterocycles. The fourth-order valence-corrected chi connectivity index (χ4v) is 2.88. The molecule has 2 heteroatoms. The summed E-state index contributed by atoms with van der Waals surface area (Å²) in [4.78, 5) is 1.47. The third kappa shape index (κ3) is 1.02. The quantitative estimate of drug-likeness (QED) is 0.619. The van der Waals surface area contributed by atoms with Gasteiger partial charge in [0.25, 0.3) is 0 Å². The van der Waals surface area contributed by atoms with Gasteiger partial charge in [-0.15, -0.1) is 11.8 Å². The van der Waals surface area contributed by atoms with E-state index in [0.29, 0.717) is 0 Å². The zero-order valence-electron chi connectivity index (χ0n) is 7.48. The number of benzene rings is 1. The maximum absolute atomic E-state index is 5.88. The highest BCUT2D eigenvalue weighted by Gasteiger charge is 2.16. The van der Waals surface area contributed by atoms with E-state index in [1.54, 1.807) is 0 Å². The van der Waals surface area contributed by atoms with Crippen molar-refractivity contribution in [1.29, 1.82) is 0 Å². The van der Waals surface area contributed by atoms with Crippen LogP contribution >= 0.6 is 11.8 Å². The van der Waals surface area contributed by atoms with Crippen LogP contribution in [0.4, 0.5) is 5.69 Å². The molecule has 0 saturated heterocycles. The van der Waals surface area contributed by atoms with Gasteiger partial charge in [-0.05, 0) is 43.0 Å². The molecule has 0 bridgehead atoms. The van der Waals surface area contributed by atoms with E-state index in [-0.39, 0.29) is 0 Å². The van der Waals surface area contributed by atoms with E-state index in [1.807, 2.05) is 11.8 Å². The molecule has 0 radical (unpaired) electrons. The number of anilines is 1. The summed E-state index contributed by atoms with van der Waals surface area (Å²) >= 11 is 1.96. The number of nitrogens with two attached hydrogens (primary N) is 1. The molecule has 2 rings (SSSR count). The van der Waals surface area contributed by atoms with Crippen LogP contribution in [-0.2, 0) is 6.42 Å². The fourth-order valence-electron chi connectivity index (χ4n) is 1.64. The van der Waals surface area contributed by atoms with Gasteiger partial charge in [0.05, 0.1) is 0 Å². The van der Waals surface area contributed by atoms with Crippen LogP contribution in [0.2, 0.25) is 0 Å². The van der Waals surface area contributed by atoms with Crippen LogP contribution < -0.4 is 5.73 Å². The van der Waals surface area contributed by atoms with E-state index in [9.17, 15) is 0 Å². The van der Waals surface area contributed by atoms with Crippen LogP contribution in [0.1, 0.15) is 16.7 Å². The van der Waals surface area contributed by atoms with Crippen molar-refractivity contribution in [1.82, 2.24) is 0 Å². The van der Waals surface area contributed by atoms with Gasteiger partial charge in [0.2, 0.25) is 0 Å². The van der Waals surface area contributed by atoms with Crippen molar-refractivity contribution in [3.63, 3.8) is 0 Å². The Kier molecular flexibility index (Phi) is 1.80. The first-order valence-corrected chi connectivity index (χ1v) is 5.20. The summed E-state index contributed by atoms with van der Waals surface area (Å²) < 4.78 is 0. The Morgan fingerprint density at radius 2 is 2.08 bits per heavy atom. The number of nitrogen functional groups attached to an aromatic ring is 1. The molecule has 0 atom stereocenters. The highest BCUT2D eigenvalue weighted by Crippen LogP contribution is 2.37. The first-order chi connectivity index (χ1) is 5.70. The summed E-state index contributed by atoms with van der Waals surface area (Å²) in [6, 6.07) is 2.14. The zero-order chi connectivity index (χ0) is 8.72. The molecule has 64 valence electrons. The molecule has 12 heavy (non-hydrogen) atoms. The second kappa shape index (κ2) is 2.70. The van der Waals surface area contributed by atoms with E-state index in [0.717, 1.165) is 5.69 Å². The molecule has 1 aliphatic heterocycles. The van der Waals surface area contributed by atoms with Crippen LogP contribution in [0.5, 0.6) is 0 Å². The van der Waals surface area contributed by atoms with E-state index in [1.165, 1.54) is 33.8 Å². The van der Waals surface area contributed by atoms with E-state index in [4.69, 9.17) is 5.73 Å². The molecule has 0 saturated carbocycles. The van der Waals surface area contributed by atoms with Gasteiger partial charge in [0.15, 0.2) is 0 Å². The normalized spacial score (nSPS) is 14.8. The number of fused-ring (bicyclic) bond motifs is 1. The van der Waals surface area contributed by atoms with Crippen molar-refractivity contribution in [2.75, 3.05) is 11.5 Å². The van der Waals surface area contributed by atoms with E-state index in [2.05, 4.69) is 19.9 Å². The number of rotatable bonds is 0. The first-order valence-electron chi connectivity index (χ1n) is 4.21. The topological polar surface area (TPSA) is 26.0 Å². The highest BCUT2D eigenvalue weighted by molar-refractivity contribution is 7.99. The van der Waals surface area contributed by atoms with Crippen LogP contribution in [-0.4, -0.2) is 5.75 Å². The molecule has 0 unspecified atom stereocenters. The Balaban J connectivity index is 2.67. The van der Waals surface area contributed by atoms with Gasteiger partial charge in [0, 0.05) is 16.3 Å². The van der Waals surface area contributed by atoms with E-state index >= 15 is 0 Å². The molecule has 2 N–H and O–H groups in total. The lowest BCUT2D eigenvalue weighted by Crippen LogP contribution is -1.95. The van der Waals surface area contributed by atoms with Crippen molar-refractivity contribution in [3.05, 3.63) is 22.8 Å². The minimum atomic E-state index is 0.953. The van der Waals surface area contributed by atoms with E-state index < -0.39 is 0 Å². The average molecular weight is 179 g/mol. The van der Waals surface area contributed by atoms with Gasteiger partial charge in [-0.25, -0.2) is 0 Å². The predicted octanol–water partition coefficient (Wildman–Crippen LogP) is 2.53. The molecule has 1 nitrogen and oxygen atoms in total. The molecule has 1 aromatic rings. The molecule has 0 fully saturated rings. The number of hydrogen-bond donors (Lipinski definition) is 1. The SMILES string of the molecule is Cc1c(N)cc2c(c1C)SCC2. The molecular weight excluding hydrogens is 166 g/mol. The Bertz CT molecular complexity index is 331. The predicted molar refractivity (Wildman–Crippen MR) is 54.8 cm³/mol. The first kappa shape index (κ1) is 7.99. The number of thioether (sulfide) groups is 1. The maximum atomic E-state index is 5.88. The summed E-state index contributed by atoms with van der Waals surface area (Å²) in [5.41, 5.74) is 10.9. The van der Waals surface area contributed by atoms with Crippen molar-refractivity contribution < 1.29 is 0 Å². The van der Waals surface area contributed by atoms with Crippen LogP contribution in [0.25, 0.3) is 0 Å². The molecule has 1 aromatic carbocycles. The second-order valence-electron chi connectivity index (χ2n) is 3.30. The minimum absolute atomic E-state index is 0.953. The number of hydrogen-bond acceptors (Lipinski definition) is 2. The molecule has 0 amide bonds. The Hall–Kier alpha value is -0.630. The molecule has 1 aliphatic rings. The number of aryl methyl sites for hydroxylation is 1. The lowest BCUT2D eigenvalue weighted by molar-refractivity contribution is 1.11. The third-order valence-electron chi connectivity index (χ3n) is 2.58. The molecule has 0 aromatic heterocycles. The van der Waals surface area contributed by atoms with Crippen LogP contribution in [0, 0.1) is 13.8 Å². The summed E-state index contributed by atoms with van der Waals surface area (Å²) in [7, 11) is 0. The maximum Gasteiger partial charge on any atom is 0.0349 e. The van der Waals surface area contributed by atoms with Crippen molar-refractivity contribution >= 4 is 17.4 Å². The fraction of sp³-hybridized carbons (Fsp3) is 0.400. The summed E-state index contributed by atoms with van der Waals surface area (Å²) in [5.74, 6) is 1.22. The smallest absolute Gasteiger partial charge is 0.0349 e. The average Bonchev–Trinajstić information content (AvgIpc) is 2.48. The summed E-state index contributed by atoms with van der Waals surface area (Å²) in [5, 5.41) is 0. The van der Waals surface area contributed by atoms with Crippen molar-refractivity contribution in [2.45, 2.75) is 25.2 Å². The molecule has 0 spiro atoms. The minimum Gasteiger partial charge on any atom is -0.398 e. The van der Waals surface area contributed by atoms with Gasteiger partial charge < -0.3 is 5.73 Å². The van der Waals surface area contributed by atoms with Gasteiger partial charge in [-0.1, -0.05) is 0 Å². The van der Waals surface area contributed by atoms with Gasteiger partial charge >= 0.3 is 0 Å². The molecular formula is C10H13NS. The Labute approximate surface area is 77.3 Å². The van der Waals surface area contributed by atoms with Crippen LogP contribution in [0.15, 0.2) is 11.0 Å². The van der Waals surface area contributed by atoms with Crippen molar-refractivity contribution in [3.8, 4) is 0 Å². The Morgan fingerprint density at radius 1 is 1.33 bits per heavy atom. The largest absolute Gasteiger partial charge is 0.398 e. The van der Waals surface area contributed by atoms with Gasteiger partial charge in [-0.2, -0.15) is 0 Å². The Morgan fingerprint density at radius 3 is 2.83 bits per heavy atom. The lowest BCUT2D eigenvalue weighted by atomic mass is 10.0. The van der Waals surface area contributed by atoms with Crippen molar-refractivity contribution in [2.24, 2.45) is 0 Å². The van der Waals surface area contributed by atoms with Gasteiger partial charge in [-0.3, -0.25) is 0 Å². The summed E-state index contributed by atoms with van der Waals surface area (Å²) in [6.07, 6.45) is 1.19. The highest BCUT2D eigenvalue weighted by atomic mass is 32.2. The van der Waals surface area contributed by atoms with Gasteiger partial charge in [0.1, 0.15) is 0 Å². The standard InChI is InChI=1S/C10H13NS/c1-6-7(2)10-8(3-4-12-10)5-9(6)11/h5H,3-4,11H2,1-2H3. The zero-order valence-corrected chi connectivity index (χ0v) is 8.29. The van der Waals surface area contributed by atoms with Crippen LogP contribution in [0.3, 0.4) is 0 Å². The monoisotopic (exact) mass is 179 g/mol. The molecule has 0 aliphatic carbocycles. The second-order valence-corrected chi connectivity index (χ2v) is 4.41. The third-order valence-corrected chi connectivity index (χ3v) is 3.84. The lowest BCUT2D eigenvalue weighted by Gasteiger charge is -2.09. The summed E-state index contributed by atoms with van der Waals surface area (Å²) in [6.45, 7) is 4.27.